The standard InChI is InChI=1S/C40H77NO8/c1-3-5-7-9-11-13-15-17-19-21-23-25-27-29-32(43)35(37(46)40-39(48)38(47)36(45)33(31-42)49-40)41-34(44)30-28-26-24-22-20-18-16-14-12-10-8-6-4-2/h27,29,32-33,35-40,42-43,45-48H,3-26,28,30-31H2,1-2H3,(H,41,44)/b29-27+/t32-,33-,35-,36+,37?,38+,39-,40?/m1/s1. The zero-order valence-corrected chi connectivity index (χ0v) is 31.4. The summed E-state index contributed by atoms with van der Waals surface area (Å²) in [6.45, 7) is 3.85. The molecule has 0 aromatic rings. The van der Waals surface area contributed by atoms with E-state index >= 15 is 0 Å². The summed E-state index contributed by atoms with van der Waals surface area (Å²) in [6, 6.07) is -1.22. The molecule has 8 atom stereocenters. The first kappa shape index (κ1) is 46.0. The van der Waals surface area contributed by atoms with Crippen molar-refractivity contribution in [1.82, 2.24) is 5.32 Å². The molecule has 49 heavy (non-hydrogen) atoms. The van der Waals surface area contributed by atoms with Crippen LogP contribution in [0.15, 0.2) is 12.2 Å². The third-order valence-electron chi connectivity index (χ3n) is 10.1. The van der Waals surface area contributed by atoms with E-state index in [4.69, 9.17) is 4.74 Å². The van der Waals surface area contributed by atoms with Crippen molar-refractivity contribution >= 4 is 5.91 Å². The first-order chi connectivity index (χ1) is 23.8. The number of unbranched alkanes of at least 4 members (excludes halogenated alkanes) is 23. The molecule has 0 aromatic heterocycles. The van der Waals surface area contributed by atoms with Crippen LogP contribution < -0.4 is 5.32 Å². The lowest BCUT2D eigenvalue weighted by molar-refractivity contribution is -0.253. The second-order valence-corrected chi connectivity index (χ2v) is 14.6. The average molecular weight is 700 g/mol. The Kier molecular flexibility index (Phi) is 28.6. The van der Waals surface area contributed by atoms with Crippen LogP contribution in [-0.4, -0.2) is 91.9 Å². The van der Waals surface area contributed by atoms with Crippen molar-refractivity contribution in [2.24, 2.45) is 0 Å². The van der Waals surface area contributed by atoms with Gasteiger partial charge in [-0.3, -0.25) is 4.79 Å². The van der Waals surface area contributed by atoms with E-state index in [2.05, 4.69) is 19.2 Å². The van der Waals surface area contributed by atoms with Crippen LogP contribution in [0.5, 0.6) is 0 Å². The smallest absolute Gasteiger partial charge is 0.220 e. The molecule has 0 aliphatic carbocycles. The summed E-state index contributed by atoms with van der Waals surface area (Å²) in [5.41, 5.74) is 0. The van der Waals surface area contributed by atoms with Crippen LogP contribution in [-0.2, 0) is 9.53 Å². The Bertz CT molecular complexity index is 796. The molecule has 9 heteroatoms. The van der Waals surface area contributed by atoms with Gasteiger partial charge in [-0.2, -0.15) is 0 Å². The molecule has 290 valence electrons. The number of hydrogen-bond donors (Lipinski definition) is 7. The van der Waals surface area contributed by atoms with Crippen LogP contribution in [0, 0.1) is 0 Å². The molecule has 0 aromatic carbocycles. The van der Waals surface area contributed by atoms with Gasteiger partial charge in [0, 0.05) is 6.42 Å². The van der Waals surface area contributed by atoms with Gasteiger partial charge in [0.25, 0.3) is 0 Å². The molecule has 1 aliphatic heterocycles. The molecule has 1 amide bonds. The predicted molar refractivity (Wildman–Crippen MR) is 198 cm³/mol. The van der Waals surface area contributed by atoms with E-state index < -0.39 is 55.4 Å². The highest BCUT2D eigenvalue weighted by atomic mass is 16.6. The van der Waals surface area contributed by atoms with Crippen molar-refractivity contribution in [3.8, 4) is 0 Å². The minimum atomic E-state index is -1.68. The number of hydrogen-bond acceptors (Lipinski definition) is 8. The number of ether oxygens (including phenoxy) is 1. The number of aliphatic hydroxyl groups is 6. The fourth-order valence-electron chi connectivity index (χ4n) is 6.83. The Morgan fingerprint density at radius 3 is 1.51 bits per heavy atom. The highest BCUT2D eigenvalue weighted by Gasteiger charge is 2.48. The van der Waals surface area contributed by atoms with Crippen LogP contribution >= 0.6 is 0 Å². The van der Waals surface area contributed by atoms with Crippen molar-refractivity contribution in [2.75, 3.05) is 6.61 Å². The van der Waals surface area contributed by atoms with Gasteiger partial charge in [-0.25, -0.2) is 0 Å². The lowest BCUT2D eigenvalue weighted by Gasteiger charge is -2.43. The van der Waals surface area contributed by atoms with Gasteiger partial charge in [-0.05, 0) is 19.3 Å². The zero-order chi connectivity index (χ0) is 36.1. The lowest BCUT2D eigenvalue weighted by atomic mass is 9.88. The molecule has 1 aliphatic rings. The van der Waals surface area contributed by atoms with E-state index in [1.807, 2.05) is 6.08 Å². The van der Waals surface area contributed by atoms with E-state index in [-0.39, 0.29) is 12.3 Å². The molecule has 1 heterocycles. The fourth-order valence-corrected chi connectivity index (χ4v) is 6.83. The Balaban J connectivity index is 2.52. The van der Waals surface area contributed by atoms with Crippen LogP contribution in [0.3, 0.4) is 0 Å². The molecule has 1 rings (SSSR count). The summed E-state index contributed by atoms with van der Waals surface area (Å²) in [5.74, 6) is -0.325. The topological polar surface area (TPSA) is 160 Å². The summed E-state index contributed by atoms with van der Waals surface area (Å²) < 4.78 is 5.56. The van der Waals surface area contributed by atoms with Gasteiger partial charge in [-0.15, -0.1) is 0 Å². The molecule has 1 saturated heterocycles. The van der Waals surface area contributed by atoms with Gasteiger partial charge >= 0.3 is 0 Å². The number of aliphatic hydroxyl groups excluding tert-OH is 6. The third kappa shape index (κ3) is 21.1. The van der Waals surface area contributed by atoms with E-state index in [0.29, 0.717) is 6.42 Å². The first-order valence-corrected chi connectivity index (χ1v) is 20.4. The van der Waals surface area contributed by atoms with Crippen molar-refractivity contribution in [1.29, 1.82) is 0 Å². The SMILES string of the molecule is CCCCCCCCCCCCC/C=C/[C@@H](O)[C@@H](NC(=O)CCCCCCCCCCCCCCC)C(O)C1O[C@H](CO)[C@H](O)[C@H](O)[C@H]1O. The molecule has 0 spiro atoms. The van der Waals surface area contributed by atoms with Gasteiger partial charge < -0.3 is 40.7 Å². The summed E-state index contributed by atoms with van der Waals surface area (Å²) in [6.07, 6.45) is 23.2. The summed E-state index contributed by atoms with van der Waals surface area (Å²) in [5, 5.41) is 65.8. The van der Waals surface area contributed by atoms with Gasteiger partial charge in [0.2, 0.25) is 5.91 Å². The van der Waals surface area contributed by atoms with E-state index in [0.717, 1.165) is 38.5 Å². The van der Waals surface area contributed by atoms with Crippen LogP contribution in [0.2, 0.25) is 0 Å². The van der Waals surface area contributed by atoms with Crippen molar-refractivity contribution in [2.45, 2.75) is 230 Å². The monoisotopic (exact) mass is 700 g/mol. The molecule has 0 saturated carbocycles. The van der Waals surface area contributed by atoms with Crippen LogP contribution in [0.4, 0.5) is 0 Å². The number of carbonyl (C=O) groups excluding carboxylic acids is 1. The highest BCUT2D eigenvalue weighted by Crippen LogP contribution is 2.26. The molecule has 0 radical (unpaired) electrons. The number of rotatable bonds is 32. The summed E-state index contributed by atoms with van der Waals surface area (Å²) >= 11 is 0. The molecule has 9 nitrogen and oxygen atoms in total. The second kappa shape index (κ2) is 30.5. The maximum atomic E-state index is 13.0. The number of carbonyl (C=O) groups is 1. The lowest BCUT2D eigenvalue weighted by Crippen LogP contribution is -2.65. The largest absolute Gasteiger partial charge is 0.394 e. The number of allylic oxidation sites excluding steroid dienone is 1. The van der Waals surface area contributed by atoms with Gasteiger partial charge in [0.15, 0.2) is 0 Å². The molecule has 7 N–H and O–H groups in total. The van der Waals surface area contributed by atoms with Crippen molar-refractivity contribution < 1.29 is 40.2 Å². The average Bonchev–Trinajstić information content (AvgIpc) is 3.10. The molecule has 2 unspecified atom stereocenters. The van der Waals surface area contributed by atoms with Crippen LogP contribution in [0.1, 0.15) is 181 Å². The van der Waals surface area contributed by atoms with Crippen molar-refractivity contribution in [3.05, 3.63) is 12.2 Å². The highest BCUT2D eigenvalue weighted by molar-refractivity contribution is 5.76. The maximum Gasteiger partial charge on any atom is 0.220 e. The van der Waals surface area contributed by atoms with E-state index in [1.54, 1.807) is 6.08 Å². The quantitative estimate of drug-likeness (QED) is 0.0299. The predicted octanol–water partition coefficient (Wildman–Crippen LogP) is 6.77. The Hall–Kier alpha value is -1.07. The third-order valence-corrected chi connectivity index (χ3v) is 10.1. The number of nitrogens with one attached hydrogen (secondary N) is 1. The Labute approximate surface area is 299 Å². The molecule has 1 fully saturated rings. The molecular formula is C40H77NO8. The molecule has 0 bridgehead atoms. The van der Waals surface area contributed by atoms with Crippen molar-refractivity contribution in [3.63, 3.8) is 0 Å². The minimum Gasteiger partial charge on any atom is -0.394 e. The molecular weight excluding hydrogens is 622 g/mol. The maximum absolute atomic E-state index is 13.0. The zero-order valence-electron chi connectivity index (χ0n) is 31.4. The Morgan fingerprint density at radius 2 is 1.06 bits per heavy atom. The number of amides is 1. The second-order valence-electron chi connectivity index (χ2n) is 14.6. The summed E-state index contributed by atoms with van der Waals surface area (Å²) in [4.78, 5) is 13.0. The van der Waals surface area contributed by atoms with E-state index in [9.17, 15) is 35.4 Å². The van der Waals surface area contributed by atoms with Gasteiger partial charge in [0.1, 0.15) is 36.6 Å². The minimum absolute atomic E-state index is 0.241. The fraction of sp³-hybridized carbons (Fsp3) is 0.925. The van der Waals surface area contributed by atoms with Gasteiger partial charge in [0.05, 0.1) is 18.8 Å². The first-order valence-electron chi connectivity index (χ1n) is 20.4. The normalized spacial score (nSPS) is 23.1. The van der Waals surface area contributed by atoms with Gasteiger partial charge in [-0.1, -0.05) is 167 Å². The van der Waals surface area contributed by atoms with E-state index in [1.165, 1.54) is 116 Å². The Morgan fingerprint density at radius 1 is 0.633 bits per heavy atom. The van der Waals surface area contributed by atoms with Crippen LogP contribution in [0.25, 0.3) is 0 Å². The summed E-state index contributed by atoms with van der Waals surface area (Å²) in [7, 11) is 0.